The molecule has 0 aliphatic heterocycles. The first-order chi connectivity index (χ1) is 7.66. The molecule has 0 bridgehead atoms. The zero-order valence-corrected chi connectivity index (χ0v) is 10.1. The van der Waals surface area contributed by atoms with E-state index in [-0.39, 0.29) is 0 Å². The van der Waals surface area contributed by atoms with Gasteiger partial charge in [0.2, 0.25) is 0 Å². The molecule has 0 unspecified atom stereocenters. The van der Waals surface area contributed by atoms with Gasteiger partial charge in [-0.3, -0.25) is 0 Å². The van der Waals surface area contributed by atoms with Crippen molar-refractivity contribution in [2.24, 2.45) is 0 Å². The van der Waals surface area contributed by atoms with Crippen molar-refractivity contribution in [2.75, 3.05) is 0 Å². The summed E-state index contributed by atoms with van der Waals surface area (Å²) in [6.45, 7) is 0. The van der Waals surface area contributed by atoms with Crippen molar-refractivity contribution in [3.63, 3.8) is 0 Å². The Morgan fingerprint density at radius 1 is 1.44 bits per heavy atom. The largest absolute Gasteiger partial charge is 0.478 e. The number of halogens is 1. The van der Waals surface area contributed by atoms with Crippen LogP contribution < -0.4 is 0 Å². The van der Waals surface area contributed by atoms with E-state index < -0.39 is 5.97 Å². The number of aromatic nitrogens is 1. The Morgan fingerprint density at radius 2 is 2.19 bits per heavy atom. The van der Waals surface area contributed by atoms with E-state index >= 15 is 0 Å². The summed E-state index contributed by atoms with van der Waals surface area (Å²) in [4.78, 5) is 11.1. The van der Waals surface area contributed by atoms with Crippen molar-refractivity contribution >= 4 is 32.8 Å². The average molecular weight is 280 g/mol. The Bertz CT molecular complexity index is 584. The summed E-state index contributed by atoms with van der Waals surface area (Å²) in [5.74, 6) is -0.875. The van der Waals surface area contributed by atoms with Crippen molar-refractivity contribution in [1.29, 1.82) is 0 Å². The molecule has 0 radical (unpaired) electrons. The molecule has 0 amide bonds. The lowest BCUT2D eigenvalue weighted by atomic mass is 10.1. The summed E-state index contributed by atoms with van der Waals surface area (Å²) < 4.78 is 2.99. The molecule has 0 atom stereocenters. The van der Waals surface area contributed by atoms with E-state index in [9.17, 15) is 4.79 Å². The van der Waals surface area contributed by atoms with Crippen molar-refractivity contribution in [1.82, 2.24) is 4.57 Å². The van der Waals surface area contributed by atoms with Gasteiger partial charge in [0, 0.05) is 22.1 Å². The Kier molecular flexibility index (Phi) is 2.07. The molecular weight excluding hydrogens is 270 g/mol. The van der Waals surface area contributed by atoms with Crippen LogP contribution in [0.25, 0.3) is 10.9 Å². The lowest BCUT2D eigenvalue weighted by Crippen LogP contribution is -1.98. The molecule has 2 aromatic rings. The van der Waals surface area contributed by atoms with E-state index in [1.807, 2.05) is 18.3 Å². The number of rotatable bonds is 2. The first-order valence-electron chi connectivity index (χ1n) is 5.20. The highest BCUT2D eigenvalue weighted by Crippen LogP contribution is 2.39. The number of hydrogen-bond acceptors (Lipinski definition) is 1. The van der Waals surface area contributed by atoms with Crippen LogP contribution in [0.3, 0.4) is 0 Å². The Hall–Kier alpha value is -1.29. The second-order valence-corrected chi connectivity index (χ2v) is 5.06. The number of fused-ring (bicyclic) bond motifs is 1. The van der Waals surface area contributed by atoms with E-state index in [1.165, 1.54) is 12.8 Å². The highest BCUT2D eigenvalue weighted by Gasteiger charge is 2.25. The Morgan fingerprint density at radius 3 is 2.81 bits per heavy atom. The molecule has 1 aliphatic rings. The molecule has 82 valence electrons. The summed E-state index contributed by atoms with van der Waals surface area (Å²) in [6, 6.07) is 6.10. The molecule has 1 saturated carbocycles. The number of carboxylic acids is 1. The summed E-state index contributed by atoms with van der Waals surface area (Å²) in [6.07, 6.45) is 4.37. The van der Waals surface area contributed by atoms with Gasteiger partial charge in [0.25, 0.3) is 0 Å². The second kappa shape index (κ2) is 3.35. The van der Waals surface area contributed by atoms with Crippen LogP contribution in [0.15, 0.2) is 28.9 Å². The van der Waals surface area contributed by atoms with Gasteiger partial charge in [-0.05, 0) is 31.0 Å². The maximum Gasteiger partial charge on any atom is 0.336 e. The fraction of sp³-hybridized carbons (Fsp3) is 0.250. The molecule has 1 aliphatic carbocycles. The van der Waals surface area contributed by atoms with Gasteiger partial charge >= 0.3 is 5.97 Å². The summed E-state index contributed by atoms with van der Waals surface area (Å²) in [7, 11) is 0. The second-order valence-electron chi connectivity index (χ2n) is 4.15. The predicted molar refractivity (Wildman–Crippen MR) is 64.9 cm³/mol. The van der Waals surface area contributed by atoms with Crippen LogP contribution in [0, 0.1) is 0 Å². The van der Waals surface area contributed by atoms with Gasteiger partial charge in [0.15, 0.2) is 0 Å². The molecule has 1 aromatic carbocycles. The van der Waals surface area contributed by atoms with Gasteiger partial charge in [0.05, 0.1) is 11.1 Å². The Balaban J connectivity index is 2.31. The van der Waals surface area contributed by atoms with E-state index in [4.69, 9.17) is 5.11 Å². The molecule has 0 spiro atoms. The lowest BCUT2D eigenvalue weighted by molar-refractivity contribution is 0.0699. The maximum atomic E-state index is 11.1. The minimum absolute atomic E-state index is 0.365. The predicted octanol–water partition coefficient (Wildman–Crippen LogP) is 3.44. The SMILES string of the molecule is O=C(O)c1cc(Br)cc2c1ccn2C1CC1. The topological polar surface area (TPSA) is 42.2 Å². The van der Waals surface area contributed by atoms with E-state index in [1.54, 1.807) is 6.07 Å². The van der Waals surface area contributed by atoms with Gasteiger partial charge in [-0.25, -0.2) is 4.79 Å². The molecule has 16 heavy (non-hydrogen) atoms. The van der Waals surface area contributed by atoms with Crippen molar-refractivity contribution in [3.8, 4) is 0 Å². The first kappa shape index (κ1) is 9.90. The smallest absolute Gasteiger partial charge is 0.336 e. The third kappa shape index (κ3) is 1.45. The quantitative estimate of drug-likeness (QED) is 0.915. The highest BCUT2D eigenvalue weighted by molar-refractivity contribution is 9.10. The van der Waals surface area contributed by atoms with Crippen LogP contribution in [0.4, 0.5) is 0 Å². The molecule has 4 heteroatoms. The maximum absolute atomic E-state index is 11.1. The molecule has 3 nitrogen and oxygen atoms in total. The third-order valence-electron chi connectivity index (χ3n) is 2.97. The van der Waals surface area contributed by atoms with Crippen LogP contribution in [-0.2, 0) is 0 Å². The molecule has 0 saturated heterocycles. The van der Waals surface area contributed by atoms with Gasteiger partial charge in [0.1, 0.15) is 0 Å². The molecule has 3 rings (SSSR count). The standard InChI is InChI=1S/C12H10BrNO2/c13-7-5-10(12(15)16)9-3-4-14(8-1-2-8)11(9)6-7/h3-6,8H,1-2H2,(H,15,16). The number of carboxylic acid groups (broad SMARTS) is 1. The number of benzene rings is 1. The van der Waals surface area contributed by atoms with Crippen LogP contribution in [0.1, 0.15) is 29.2 Å². The number of hydrogen-bond donors (Lipinski definition) is 1. The zero-order valence-electron chi connectivity index (χ0n) is 8.48. The van der Waals surface area contributed by atoms with Crippen molar-refractivity contribution < 1.29 is 9.90 Å². The number of nitrogens with zero attached hydrogens (tertiary/aromatic N) is 1. The normalized spacial score (nSPS) is 15.6. The van der Waals surface area contributed by atoms with Crippen LogP contribution in [0.2, 0.25) is 0 Å². The first-order valence-corrected chi connectivity index (χ1v) is 5.99. The molecular formula is C12H10BrNO2. The minimum Gasteiger partial charge on any atom is -0.478 e. The monoisotopic (exact) mass is 279 g/mol. The lowest BCUT2D eigenvalue weighted by Gasteiger charge is -2.04. The molecule has 1 aromatic heterocycles. The van der Waals surface area contributed by atoms with Crippen molar-refractivity contribution in [2.45, 2.75) is 18.9 Å². The van der Waals surface area contributed by atoms with Crippen molar-refractivity contribution in [3.05, 3.63) is 34.4 Å². The zero-order chi connectivity index (χ0) is 11.3. The van der Waals surface area contributed by atoms with Gasteiger partial charge in [-0.15, -0.1) is 0 Å². The average Bonchev–Trinajstić information content (AvgIpc) is 2.98. The number of carbonyl (C=O) groups is 1. The highest BCUT2D eigenvalue weighted by atomic mass is 79.9. The van der Waals surface area contributed by atoms with Gasteiger partial charge < -0.3 is 9.67 Å². The van der Waals surface area contributed by atoms with E-state index in [0.717, 1.165) is 15.4 Å². The summed E-state index contributed by atoms with van der Waals surface area (Å²) in [5.41, 5.74) is 1.37. The molecule has 1 fully saturated rings. The Labute approximate surface area is 101 Å². The molecule has 1 heterocycles. The van der Waals surface area contributed by atoms with Crippen LogP contribution in [-0.4, -0.2) is 15.6 Å². The van der Waals surface area contributed by atoms with Gasteiger partial charge in [-0.1, -0.05) is 15.9 Å². The summed E-state index contributed by atoms with van der Waals surface area (Å²) >= 11 is 3.36. The third-order valence-corrected chi connectivity index (χ3v) is 3.43. The minimum atomic E-state index is -0.875. The van der Waals surface area contributed by atoms with E-state index in [0.29, 0.717) is 11.6 Å². The molecule has 1 N–H and O–H groups in total. The fourth-order valence-corrected chi connectivity index (χ4v) is 2.52. The summed E-state index contributed by atoms with van der Waals surface area (Å²) in [5, 5.41) is 9.96. The van der Waals surface area contributed by atoms with Crippen LogP contribution >= 0.6 is 15.9 Å². The van der Waals surface area contributed by atoms with Crippen LogP contribution in [0.5, 0.6) is 0 Å². The fourth-order valence-electron chi connectivity index (χ4n) is 2.08. The van der Waals surface area contributed by atoms with Gasteiger partial charge in [-0.2, -0.15) is 0 Å². The number of aromatic carboxylic acids is 1. The van der Waals surface area contributed by atoms with E-state index in [2.05, 4.69) is 20.5 Å².